The van der Waals surface area contributed by atoms with Crippen LogP contribution < -0.4 is 0 Å². The fraction of sp³-hybridized carbons (Fsp3) is 0.0526. The number of nitrogens with zero attached hydrogens (tertiary/aromatic N) is 2. The summed E-state index contributed by atoms with van der Waals surface area (Å²) in [6.45, 7) is 1.93. The first kappa shape index (κ1) is 14.0. The molecule has 4 rings (SSSR count). The average Bonchev–Trinajstić information content (AvgIpc) is 2.54. The van der Waals surface area contributed by atoms with E-state index >= 15 is 0 Å². The number of phenols is 1. The lowest BCUT2D eigenvalue weighted by Gasteiger charge is -2.11. The fourth-order valence-electron chi connectivity index (χ4n) is 2.93. The molecule has 3 aromatic carbocycles. The molecule has 0 aliphatic rings. The maximum atomic E-state index is 10.1. The second kappa shape index (κ2) is 5.21. The molecule has 0 saturated carbocycles. The van der Waals surface area contributed by atoms with Crippen LogP contribution in [0.3, 0.4) is 0 Å². The minimum atomic E-state index is 0.216. The normalized spacial score (nSPS) is 11.2. The summed E-state index contributed by atoms with van der Waals surface area (Å²) in [7, 11) is 0. The molecule has 0 aliphatic heterocycles. The number of rotatable bonds is 1. The van der Waals surface area contributed by atoms with Gasteiger partial charge in [-0.05, 0) is 47.5 Å². The van der Waals surface area contributed by atoms with Gasteiger partial charge in [-0.3, -0.25) is 0 Å². The first-order valence-electron chi connectivity index (χ1n) is 7.26. The van der Waals surface area contributed by atoms with E-state index in [0.717, 1.165) is 38.5 Å². The highest BCUT2D eigenvalue weighted by Gasteiger charge is 2.12. The van der Waals surface area contributed by atoms with Crippen LogP contribution in [0.5, 0.6) is 5.75 Å². The first-order chi connectivity index (χ1) is 11.1. The van der Waals surface area contributed by atoms with Crippen molar-refractivity contribution in [1.29, 1.82) is 0 Å². The van der Waals surface area contributed by atoms with E-state index in [9.17, 15) is 5.11 Å². The van der Waals surface area contributed by atoms with Gasteiger partial charge in [-0.15, -0.1) is 0 Å². The summed E-state index contributed by atoms with van der Waals surface area (Å²) in [5.74, 6) is 0.216. The van der Waals surface area contributed by atoms with Crippen LogP contribution in [0.25, 0.3) is 32.8 Å². The Labute approximate surface area is 138 Å². The quantitative estimate of drug-likeness (QED) is 0.529. The number of aromatic hydroxyl groups is 1. The topological polar surface area (TPSA) is 46.0 Å². The van der Waals surface area contributed by atoms with Gasteiger partial charge in [0.05, 0.1) is 5.52 Å². The van der Waals surface area contributed by atoms with Crippen molar-refractivity contribution >= 4 is 33.3 Å². The molecule has 0 aliphatic carbocycles. The minimum absolute atomic E-state index is 0.216. The summed E-state index contributed by atoms with van der Waals surface area (Å²) >= 11 is 6.53. The van der Waals surface area contributed by atoms with Gasteiger partial charge in [0.25, 0.3) is 0 Å². The third kappa shape index (κ3) is 2.30. The van der Waals surface area contributed by atoms with Crippen molar-refractivity contribution in [1.82, 2.24) is 9.97 Å². The van der Waals surface area contributed by atoms with Crippen molar-refractivity contribution in [3.8, 4) is 16.9 Å². The molecule has 4 aromatic rings. The van der Waals surface area contributed by atoms with Crippen molar-refractivity contribution in [3.63, 3.8) is 0 Å². The number of benzene rings is 3. The Kier molecular flexibility index (Phi) is 3.17. The van der Waals surface area contributed by atoms with Crippen LogP contribution in [0.1, 0.15) is 5.69 Å². The number of aromatic nitrogens is 2. The molecular weight excluding hydrogens is 308 g/mol. The number of halogens is 1. The number of hydrogen-bond donors (Lipinski definition) is 1. The lowest BCUT2D eigenvalue weighted by molar-refractivity contribution is 0.476. The Morgan fingerprint density at radius 3 is 2.61 bits per heavy atom. The van der Waals surface area contributed by atoms with Gasteiger partial charge in [0.2, 0.25) is 0 Å². The average molecular weight is 321 g/mol. The SMILES string of the molecule is Cc1ncnc2cc(-c3cc(O)cc4ccccc34)c(Cl)cc12. The Hall–Kier alpha value is -2.65. The van der Waals surface area contributed by atoms with Crippen molar-refractivity contribution in [2.75, 3.05) is 0 Å². The van der Waals surface area contributed by atoms with Crippen molar-refractivity contribution in [2.24, 2.45) is 0 Å². The summed E-state index contributed by atoms with van der Waals surface area (Å²) < 4.78 is 0. The molecule has 112 valence electrons. The number of phenolic OH excluding ortho intramolecular Hbond substituents is 1. The van der Waals surface area contributed by atoms with Crippen LogP contribution in [-0.2, 0) is 0 Å². The maximum absolute atomic E-state index is 10.1. The van der Waals surface area contributed by atoms with Crippen LogP contribution in [0.4, 0.5) is 0 Å². The van der Waals surface area contributed by atoms with Gasteiger partial charge in [-0.25, -0.2) is 9.97 Å². The van der Waals surface area contributed by atoms with E-state index in [-0.39, 0.29) is 5.75 Å². The molecule has 0 amide bonds. The molecule has 4 heteroatoms. The molecule has 1 heterocycles. The van der Waals surface area contributed by atoms with Crippen molar-refractivity contribution < 1.29 is 5.11 Å². The van der Waals surface area contributed by atoms with Crippen LogP contribution in [0.2, 0.25) is 5.02 Å². The molecule has 3 nitrogen and oxygen atoms in total. The standard InChI is InChI=1S/C19H13ClN2O/c1-11-15-8-18(20)17(9-19(15)22-10-21-11)16-7-13(23)6-12-4-2-3-5-14(12)16/h2-10,23H,1H3. The molecule has 0 spiro atoms. The molecule has 0 bridgehead atoms. The summed E-state index contributed by atoms with van der Waals surface area (Å²) in [5.41, 5.74) is 3.47. The zero-order valence-corrected chi connectivity index (χ0v) is 13.2. The van der Waals surface area contributed by atoms with Crippen LogP contribution in [0.15, 0.2) is 54.9 Å². The molecular formula is C19H13ClN2O. The van der Waals surface area contributed by atoms with Gasteiger partial charge < -0.3 is 5.11 Å². The molecule has 23 heavy (non-hydrogen) atoms. The Morgan fingerprint density at radius 1 is 0.913 bits per heavy atom. The van der Waals surface area contributed by atoms with Crippen LogP contribution in [-0.4, -0.2) is 15.1 Å². The summed E-state index contributed by atoms with van der Waals surface area (Å²) in [4.78, 5) is 8.54. The zero-order chi connectivity index (χ0) is 16.0. The second-order valence-electron chi connectivity index (χ2n) is 5.52. The van der Waals surface area contributed by atoms with Gasteiger partial charge in [-0.1, -0.05) is 35.9 Å². The summed E-state index contributed by atoms with van der Waals surface area (Å²) in [5, 5.41) is 13.6. The monoisotopic (exact) mass is 320 g/mol. The predicted octanol–water partition coefficient (Wildman–Crippen LogP) is 5.12. The smallest absolute Gasteiger partial charge is 0.116 e. The van der Waals surface area contributed by atoms with Crippen LogP contribution >= 0.6 is 11.6 Å². The van der Waals surface area contributed by atoms with Crippen LogP contribution in [0, 0.1) is 6.92 Å². The lowest BCUT2D eigenvalue weighted by atomic mass is 9.96. The second-order valence-corrected chi connectivity index (χ2v) is 5.93. The largest absolute Gasteiger partial charge is 0.508 e. The van der Waals surface area contributed by atoms with Gasteiger partial charge in [0.15, 0.2) is 0 Å². The Morgan fingerprint density at radius 2 is 1.74 bits per heavy atom. The lowest BCUT2D eigenvalue weighted by Crippen LogP contribution is -1.90. The molecule has 0 unspecified atom stereocenters. The van der Waals surface area contributed by atoms with E-state index in [2.05, 4.69) is 9.97 Å². The van der Waals surface area contributed by atoms with E-state index < -0.39 is 0 Å². The maximum Gasteiger partial charge on any atom is 0.116 e. The third-order valence-electron chi connectivity index (χ3n) is 4.06. The van der Waals surface area contributed by atoms with Gasteiger partial charge >= 0.3 is 0 Å². The molecule has 1 aromatic heterocycles. The number of aryl methyl sites for hydroxylation is 1. The highest BCUT2D eigenvalue weighted by Crippen LogP contribution is 2.38. The fourth-order valence-corrected chi connectivity index (χ4v) is 3.20. The minimum Gasteiger partial charge on any atom is -0.508 e. The van der Waals surface area contributed by atoms with E-state index in [1.807, 2.05) is 43.3 Å². The molecule has 0 saturated heterocycles. The van der Waals surface area contributed by atoms with Gasteiger partial charge in [0.1, 0.15) is 12.1 Å². The first-order valence-corrected chi connectivity index (χ1v) is 7.64. The van der Waals surface area contributed by atoms with E-state index in [1.54, 1.807) is 18.5 Å². The highest BCUT2D eigenvalue weighted by molar-refractivity contribution is 6.34. The molecule has 0 fully saturated rings. The van der Waals surface area contributed by atoms with Gasteiger partial charge in [0, 0.05) is 21.7 Å². The van der Waals surface area contributed by atoms with Crippen molar-refractivity contribution in [3.05, 3.63) is 65.6 Å². The Bertz CT molecular complexity index is 1060. The molecule has 1 N–H and O–H groups in total. The molecule has 0 radical (unpaired) electrons. The molecule has 0 atom stereocenters. The number of fused-ring (bicyclic) bond motifs is 2. The van der Waals surface area contributed by atoms with E-state index in [1.165, 1.54) is 0 Å². The van der Waals surface area contributed by atoms with Gasteiger partial charge in [-0.2, -0.15) is 0 Å². The van der Waals surface area contributed by atoms with E-state index in [4.69, 9.17) is 11.6 Å². The predicted molar refractivity (Wildman–Crippen MR) is 93.9 cm³/mol. The highest BCUT2D eigenvalue weighted by atomic mass is 35.5. The third-order valence-corrected chi connectivity index (χ3v) is 4.37. The summed E-state index contributed by atoms with van der Waals surface area (Å²) in [6, 6.07) is 15.3. The zero-order valence-electron chi connectivity index (χ0n) is 12.4. The van der Waals surface area contributed by atoms with Crippen molar-refractivity contribution in [2.45, 2.75) is 6.92 Å². The number of hydrogen-bond acceptors (Lipinski definition) is 3. The Balaban J connectivity index is 2.08. The van der Waals surface area contributed by atoms with E-state index in [0.29, 0.717) is 5.02 Å². The summed E-state index contributed by atoms with van der Waals surface area (Å²) in [6.07, 6.45) is 1.55.